The van der Waals surface area contributed by atoms with E-state index in [9.17, 15) is 0 Å². The van der Waals surface area contributed by atoms with E-state index in [0.717, 1.165) is 19.0 Å². The van der Waals surface area contributed by atoms with E-state index in [1.54, 1.807) is 0 Å². The average Bonchev–Trinajstić information content (AvgIpc) is 3.20. The maximum atomic E-state index is 6.15. The van der Waals surface area contributed by atoms with E-state index in [-0.39, 0.29) is 0 Å². The van der Waals surface area contributed by atoms with Crippen LogP contribution in [-0.4, -0.2) is 24.5 Å². The Bertz CT molecular complexity index is 449. The summed E-state index contributed by atoms with van der Waals surface area (Å²) in [4.78, 5) is 2.62. The number of aryl methyl sites for hydroxylation is 3. The van der Waals surface area contributed by atoms with Gasteiger partial charge in [-0.15, -0.1) is 0 Å². The zero-order chi connectivity index (χ0) is 14.7. The number of nitrogens with two attached hydrogens (primary N) is 1. The number of hydrogen-bond donors (Lipinski definition) is 1. The molecule has 112 valence electrons. The molecular weight excluding hydrogens is 244 g/mol. The Balaban J connectivity index is 2.26. The fourth-order valence-electron chi connectivity index (χ4n) is 3.11. The van der Waals surface area contributed by atoms with Crippen LogP contribution in [0.15, 0.2) is 12.1 Å². The summed E-state index contributed by atoms with van der Waals surface area (Å²) in [5, 5.41) is 0. The summed E-state index contributed by atoms with van der Waals surface area (Å²) in [5.41, 5.74) is 11.7. The lowest BCUT2D eigenvalue weighted by atomic mass is 9.94. The van der Waals surface area contributed by atoms with Crippen LogP contribution in [0.1, 0.15) is 54.5 Å². The maximum Gasteiger partial charge on any atom is 0.0473 e. The SMILES string of the molecule is CCCN(CC1CC1)C(CN)c1cc(C)c(C)cc1C. The van der Waals surface area contributed by atoms with E-state index >= 15 is 0 Å². The van der Waals surface area contributed by atoms with Gasteiger partial charge in [-0.2, -0.15) is 0 Å². The number of rotatable bonds is 7. The van der Waals surface area contributed by atoms with Crippen molar-refractivity contribution in [3.8, 4) is 0 Å². The molecule has 1 atom stereocenters. The van der Waals surface area contributed by atoms with E-state index in [2.05, 4.69) is 44.7 Å². The molecule has 2 N–H and O–H groups in total. The highest BCUT2D eigenvalue weighted by atomic mass is 15.2. The average molecular weight is 274 g/mol. The lowest BCUT2D eigenvalue weighted by Gasteiger charge is -2.32. The van der Waals surface area contributed by atoms with Gasteiger partial charge in [-0.05, 0) is 74.8 Å². The Kier molecular flexibility index (Phi) is 5.22. The monoisotopic (exact) mass is 274 g/mol. The highest BCUT2D eigenvalue weighted by molar-refractivity contribution is 5.38. The third-order valence-corrected chi connectivity index (χ3v) is 4.61. The van der Waals surface area contributed by atoms with Crippen LogP contribution in [0.5, 0.6) is 0 Å². The van der Waals surface area contributed by atoms with E-state index in [0.29, 0.717) is 6.04 Å². The Morgan fingerprint density at radius 1 is 1.15 bits per heavy atom. The van der Waals surface area contributed by atoms with Crippen LogP contribution >= 0.6 is 0 Å². The molecule has 0 heterocycles. The van der Waals surface area contributed by atoms with Gasteiger partial charge in [0.2, 0.25) is 0 Å². The van der Waals surface area contributed by atoms with Gasteiger partial charge in [0, 0.05) is 19.1 Å². The normalized spacial score (nSPS) is 16.7. The van der Waals surface area contributed by atoms with Crippen molar-refractivity contribution < 1.29 is 0 Å². The second-order valence-electron chi connectivity index (χ2n) is 6.48. The molecule has 1 saturated carbocycles. The van der Waals surface area contributed by atoms with Gasteiger partial charge in [-0.1, -0.05) is 19.1 Å². The van der Waals surface area contributed by atoms with Crippen LogP contribution < -0.4 is 5.73 Å². The molecule has 0 spiro atoms. The molecule has 2 rings (SSSR count). The van der Waals surface area contributed by atoms with Crippen molar-refractivity contribution in [2.45, 2.75) is 53.0 Å². The summed E-state index contributed by atoms with van der Waals surface area (Å²) in [6.45, 7) is 12.0. The quantitative estimate of drug-likeness (QED) is 0.821. The summed E-state index contributed by atoms with van der Waals surface area (Å²) in [6.07, 6.45) is 4.01. The Hall–Kier alpha value is -0.860. The summed E-state index contributed by atoms with van der Waals surface area (Å²) >= 11 is 0. The maximum absolute atomic E-state index is 6.15. The number of benzene rings is 1. The topological polar surface area (TPSA) is 29.3 Å². The largest absolute Gasteiger partial charge is 0.329 e. The number of hydrogen-bond acceptors (Lipinski definition) is 2. The van der Waals surface area contributed by atoms with Crippen LogP contribution in [-0.2, 0) is 0 Å². The smallest absolute Gasteiger partial charge is 0.0473 e. The molecule has 2 heteroatoms. The Morgan fingerprint density at radius 3 is 2.35 bits per heavy atom. The van der Waals surface area contributed by atoms with Gasteiger partial charge in [0.25, 0.3) is 0 Å². The van der Waals surface area contributed by atoms with Gasteiger partial charge in [0.05, 0.1) is 0 Å². The van der Waals surface area contributed by atoms with Crippen LogP contribution in [0, 0.1) is 26.7 Å². The van der Waals surface area contributed by atoms with Crippen LogP contribution in [0.4, 0.5) is 0 Å². The molecule has 1 aromatic rings. The zero-order valence-electron chi connectivity index (χ0n) is 13.6. The van der Waals surface area contributed by atoms with Gasteiger partial charge < -0.3 is 5.73 Å². The Morgan fingerprint density at radius 2 is 1.80 bits per heavy atom. The fraction of sp³-hybridized carbons (Fsp3) is 0.667. The van der Waals surface area contributed by atoms with Gasteiger partial charge in [-0.25, -0.2) is 0 Å². The number of nitrogens with zero attached hydrogens (tertiary/aromatic N) is 1. The van der Waals surface area contributed by atoms with Crippen molar-refractivity contribution in [1.82, 2.24) is 4.90 Å². The molecule has 1 fully saturated rings. The molecule has 0 aliphatic heterocycles. The van der Waals surface area contributed by atoms with Crippen molar-refractivity contribution in [3.63, 3.8) is 0 Å². The molecule has 0 radical (unpaired) electrons. The van der Waals surface area contributed by atoms with E-state index in [1.807, 2.05) is 0 Å². The molecule has 1 aliphatic carbocycles. The zero-order valence-corrected chi connectivity index (χ0v) is 13.6. The van der Waals surface area contributed by atoms with E-state index in [4.69, 9.17) is 5.73 Å². The summed E-state index contributed by atoms with van der Waals surface area (Å²) in [7, 11) is 0. The summed E-state index contributed by atoms with van der Waals surface area (Å²) < 4.78 is 0. The first-order chi connectivity index (χ1) is 9.56. The predicted octanol–water partition coefficient (Wildman–Crippen LogP) is 3.73. The van der Waals surface area contributed by atoms with E-state index in [1.165, 1.54) is 48.1 Å². The van der Waals surface area contributed by atoms with Crippen molar-refractivity contribution in [3.05, 3.63) is 34.4 Å². The first kappa shape index (κ1) is 15.5. The van der Waals surface area contributed by atoms with Gasteiger partial charge in [0.15, 0.2) is 0 Å². The standard InChI is InChI=1S/C18H30N2/c1-5-8-20(12-16-6-7-16)18(11-19)17-10-14(3)13(2)9-15(17)4/h9-10,16,18H,5-8,11-12,19H2,1-4H3. The van der Waals surface area contributed by atoms with Crippen molar-refractivity contribution in [2.24, 2.45) is 11.7 Å². The molecule has 0 amide bonds. The van der Waals surface area contributed by atoms with Crippen molar-refractivity contribution in [2.75, 3.05) is 19.6 Å². The summed E-state index contributed by atoms with van der Waals surface area (Å²) in [5.74, 6) is 0.919. The molecule has 1 unspecified atom stereocenters. The second-order valence-corrected chi connectivity index (χ2v) is 6.48. The van der Waals surface area contributed by atoms with Gasteiger partial charge in [-0.3, -0.25) is 4.90 Å². The van der Waals surface area contributed by atoms with Crippen LogP contribution in [0.2, 0.25) is 0 Å². The minimum absolute atomic E-state index is 0.384. The predicted molar refractivity (Wildman–Crippen MR) is 87.0 cm³/mol. The van der Waals surface area contributed by atoms with Crippen LogP contribution in [0.25, 0.3) is 0 Å². The third kappa shape index (κ3) is 3.62. The molecule has 0 bridgehead atoms. The molecule has 1 aliphatic rings. The lowest BCUT2D eigenvalue weighted by molar-refractivity contribution is 0.192. The van der Waals surface area contributed by atoms with E-state index < -0.39 is 0 Å². The first-order valence-electron chi connectivity index (χ1n) is 8.08. The first-order valence-corrected chi connectivity index (χ1v) is 8.08. The van der Waals surface area contributed by atoms with Crippen molar-refractivity contribution in [1.29, 1.82) is 0 Å². The molecule has 2 nitrogen and oxygen atoms in total. The molecule has 0 saturated heterocycles. The highest BCUT2D eigenvalue weighted by Gasteiger charge is 2.28. The Labute approximate surface area is 124 Å². The summed E-state index contributed by atoms with van der Waals surface area (Å²) in [6, 6.07) is 5.06. The minimum Gasteiger partial charge on any atom is -0.329 e. The molecule has 1 aromatic carbocycles. The van der Waals surface area contributed by atoms with Crippen LogP contribution in [0.3, 0.4) is 0 Å². The lowest BCUT2D eigenvalue weighted by Crippen LogP contribution is -2.36. The van der Waals surface area contributed by atoms with Gasteiger partial charge >= 0.3 is 0 Å². The van der Waals surface area contributed by atoms with Gasteiger partial charge in [0.1, 0.15) is 0 Å². The fourth-order valence-corrected chi connectivity index (χ4v) is 3.11. The highest BCUT2D eigenvalue weighted by Crippen LogP contribution is 2.33. The molecule has 0 aromatic heterocycles. The molecule has 20 heavy (non-hydrogen) atoms. The second kappa shape index (κ2) is 6.73. The van der Waals surface area contributed by atoms with Crippen molar-refractivity contribution >= 4 is 0 Å². The molecular formula is C18H30N2. The third-order valence-electron chi connectivity index (χ3n) is 4.61. The minimum atomic E-state index is 0.384.